The van der Waals surface area contributed by atoms with E-state index in [-0.39, 0.29) is 11.9 Å². The number of alkyl halides is 3. The molecule has 0 spiro atoms. The van der Waals surface area contributed by atoms with Gasteiger partial charge in [-0.3, -0.25) is 0 Å². The first-order valence-corrected chi connectivity index (χ1v) is 6.87. The van der Waals surface area contributed by atoms with Crippen LogP contribution in [-0.2, 0) is 6.18 Å². The molecule has 0 fully saturated rings. The number of rotatable bonds is 7. The van der Waals surface area contributed by atoms with Crippen LogP contribution in [0, 0.1) is 5.92 Å². The fraction of sp³-hybridized carbons (Fsp3) is 0.600. The number of hydrogen-bond donors (Lipinski definition) is 1. The van der Waals surface area contributed by atoms with E-state index in [1.165, 1.54) is 6.07 Å². The van der Waals surface area contributed by atoms with Crippen LogP contribution in [0.2, 0.25) is 0 Å². The Morgan fingerprint density at radius 1 is 1.20 bits per heavy atom. The Morgan fingerprint density at radius 2 is 1.90 bits per heavy atom. The SMILES string of the molecule is CCC(CNCC(C)C)Oc1cccc(C(F)(F)F)c1. The molecule has 0 aromatic heterocycles. The molecule has 0 saturated carbocycles. The predicted molar refractivity (Wildman–Crippen MR) is 73.9 cm³/mol. The number of benzene rings is 1. The first-order valence-electron chi connectivity index (χ1n) is 6.87. The average Bonchev–Trinajstić information content (AvgIpc) is 2.36. The first kappa shape index (κ1) is 16.8. The van der Waals surface area contributed by atoms with Gasteiger partial charge in [0.05, 0.1) is 5.56 Å². The average molecular weight is 289 g/mol. The summed E-state index contributed by atoms with van der Waals surface area (Å²) >= 11 is 0. The standard InChI is InChI=1S/C15H22F3NO/c1-4-13(10-19-9-11(2)3)20-14-7-5-6-12(8-14)15(16,17)18/h5-8,11,13,19H,4,9-10H2,1-3H3. The van der Waals surface area contributed by atoms with Crippen LogP contribution in [0.15, 0.2) is 24.3 Å². The number of halogens is 3. The van der Waals surface area contributed by atoms with Gasteiger partial charge in [-0.2, -0.15) is 13.2 Å². The number of hydrogen-bond acceptors (Lipinski definition) is 2. The van der Waals surface area contributed by atoms with E-state index in [2.05, 4.69) is 19.2 Å². The lowest BCUT2D eigenvalue weighted by atomic mass is 10.2. The molecule has 0 amide bonds. The van der Waals surface area contributed by atoms with Gasteiger partial charge in [-0.25, -0.2) is 0 Å². The highest BCUT2D eigenvalue weighted by molar-refractivity contribution is 5.30. The maximum absolute atomic E-state index is 12.6. The summed E-state index contributed by atoms with van der Waals surface area (Å²) in [5.74, 6) is 0.791. The second-order valence-corrected chi connectivity index (χ2v) is 5.23. The number of nitrogens with one attached hydrogen (secondary N) is 1. The molecule has 5 heteroatoms. The largest absolute Gasteiger partial charge is 0.489 e. The minimum absolute atomic E-state index is 0.128. The zero-order chi connectivity index (χ0) is 15.2. The molecule has 1 aromatic carbocycles. The van der Waals surface area contributed by atoms with Crippen LogP contribution in [0.1, 0.15) is 32.8 Å². The van der Waals surface area contributed by atoms with E-state index in [1.807, 2.05) is 6.92 Å². The quantitative estimate of drug-likeness (QED) is 0.815. The summed E-state index contributed by atoms with van der Waals surface area (Å²) < 4.78 is 43.5. The van der Waals surface area contributed by atoms with Crippen molar-refractivity contribution >= 4 is 0 Å². The third-order valence-electron chi connectivity index (χ3n) is 2.84. The molecular weight excluding hydrogens is 267 g/mol. The molecule has 1 unspecified atom stereocenters. The Balaban J connectivity index is 2.61. The van der Waals surface area contributed by atoms with E-state index in [9.17, 15) is 13.2 Å². The molecular formula is C15H22F3NO. The van der Waals surface area contributed by atoms with Crippen LogP contribution >= 0.6 is 0 Å². The summed E-state index contributed by atoms with van der Waals surface area (Å²) in [4.78, 5) is 0. The Hall–Kier alpha value is -1.23. The van der Waals surface area contributed by atoms with Crippen molar-refractivity contribution in [3.8, 4) is 5.75 Å². The van der Waals surface area contributed by atoms with Gasteiger partial charge in [-0.05, 0) is 37.1 Å². The summed E-state index contributed by atoms with van der Waals surface area (Å²) in [5, 5.41) is 3.25. The lowest BCUT2D eigenvalue weighted by Crippen LogP contribution is -2.33. The monoisotopic (exact) mass is 289 g/mol. The van der Waals surface area contributed by atoms with Crippen LogP contribution in [0.3, 0.4) is 0 Å². The predicted octanol–water partition coefficient (Wildman–Crippen LogP) is 4.11. The highest BCUT2D eigenvalue weighted by atomic mass is 19.4. The molecule has 2 nitrogen and oxygen atoms in total. The Morgan fingerprint density at radius 3 is 2.45 bits per heavy atom. The Kier molecular flexibility index (Phi) is 6.33. The van der Waals surface area contributed by atoms with Crippen molar-refractivity contribution in [2.75, 3.05) is 13.1 Å². The van der Waals surface area contributed by atoms with Gasteiger partial charge < -0.3 is 10.1 Å². The van der Waals surface area contributed by atoms with Crippen LogP contribution in [0.5, 0.6) is 5.75 Å². The van der Waals surface area contributed by atoms with E-state index in [0.29, 0.717) is 12.5 Å². The van der Waals surface area contributed by atoms with Crippen molar-refractivity contribution in [1.29, 1.82) is 0 Å². The molecule has 1 aromatic rings. The van der Waals surface area contributed by atoms with Gasteiger partial charge >= 0.3 is 6.18 Å². The summed E-state index contributed by atoms with van der Waals surface area (Å²) in [6.45, 7) is 7.64. The maximum atomic E-state index is 12.6. The molecule has 0 heterocycles. The normalized spacial score (nSPS) is 13.6. The van der Waals surface area contributed by atoms with E-state index >= 15 is 0 Å². The summed E-state index contributed by atoms with van der Waals surface area (Å²) in [6, 6.07) is 5.02. The van der Waals surface area contributed by atoms with Crippen molar-refractivity contribution < 1.29 is 17.9 Å². The smallest absolute Gasteiger partial charge is 0.416 e. The summed E-state index contributed by atoms with van der Waals surface area (Å²) in [5.41, 5.74) is -0.681. The van der Waals surface area contributed by atoms with Crippen LogP contribution in [-0.4, -0.2) is 19.2 Å². The highest BCUT2D eigenvalue weighted by Crippen LogP contribution is 2.31. The van der Waals surface area contributed by atoms with Crippen LogP contribution in [0.25, 0.3) is 0 Å². The molecule has 0 aliphatic carbocycles. The minimum atomic E-state index is -4.34. The van der Waals surface area contributed by atoms with Crippen molar-refractivity contribution in [2.24, 2.45) is 5.92 Å². The van der Waals surface area contributed by atoms with Crippen molar-refractivity contribution in [2.45, 2.75) is 39.5 Å². The van der Waals surface area contributed by atoms with Gasteiger partial charge in [0.1, 0.15) is 11.9 Å². The Labute approximate surface area is 118 Å². The summed E-state index contributed by atoms with van der Waals surface area (Å²) in [6.07, 6.45) is -3.73. The topological polar surface area (TPSA) is 21.3 Å². The second-order valence-electron chi connectivity index (χ2n) is 5.23. The van der Waals surface area contributed by atoms with Gasteiger partial charge in [0.15, 0.2) is 0 Å². The molecule has 20 heavy (non-hydrogen) atoms. The zero-order valence-corrected chi connectivity index (χ0v) is 12.1. The van der Waals surface area contributed by atoms with Crippen LogP contribution in [0.4, 0.5) is 13.2 Å². The van der Waals surface area contributed by atoms with E-state index in [4.69, 9.17) is 4.74 Å². The van der Waals surface area contributed by atoms with Gasteiger partial charge in [0, 0.05) is 6.54 Å². The Bertz CT molecular complexity index is 404. The van der Waals surface area contributed by atoms with E-state index in [0.717, 1.165) is 25.1 Å². The summed E-state index contributed by atoms with van der Waals surface area (Å²) in [7, 11) is 0. The maximum Gasteiger partial charge on any atom is 0.416 e. The van der Waals surface area contributed by atoms with Gasteiger partial charge in [0.25, 0.3) is 0 Å². The molecule has 0 aliphatic heterocycles. The molecule has 0 aliphatic rings. The molecule has 1 rings (SSSR count). The molecule has 0 radical (unpaired) electrons. The van der Waals surface area contributed by atoms with Crippen molar-refractivity contribution in [3.05, 3.63) is 29.8 Å². The molecule has 0 saturated heterocycles. The fourth-order valence-corrected chi connectivity index (χ4v) is 1.74. The zero-order valence-electron chi connectivity index (χ0n) is 12.1. The van der Waals surface area contributed by atoms with Crippen molar-refractivity contribution in [1.82, 2.24) is 5.32 Å². The minimum Gasteiger partial charge on any atom is -0.489 e. The second kappa shape index (κ2) is 7.53. The molecule has 0 bridgehead atoms. The fourth-order valence-electron chi connectivity index (χ4n) is 1.74. The van der Waals surface area contributed by atoms with Crippen molar-refractivity contribution in [3.63, 3.8) is 0 Å². The van der Waals surface area contributed by atoms with E-state index < -0.39 is 11.7 Å². The molecule has 114 valence electrons. The van der Waals surface area contributed by atoms with Crippen LogP contribution < -0.4 is 10.1 Å². The molecule has 1 N–H and O–H groups in total. The van der Waals surface area contributed by atoms with Gasteiger partial charge in [-0.15, -0.1) is 0 Å². The molecule has 1 atom stereocenters. The lowest BCUT2D eigenvalue weighted by Gasteiger charge is -2.19. The third-order valence-corrected chi connectivity index (χ3v) is 2.84. The lowest BCUT2D eigenvalue weighted by molar-refractivity contribution is -0.137. The first-order chi connectivity index (χ1) is 9.32. The van der Waals surface area contributed by atoms with Gasteiger partial charge in [0.2, 0.25) is 0 Å². The van der Waals surface area contributed by atoms with Gasteiger partial charge in [-0.1, -0.05) is 26.8 Å². The number of ether oxygens (including phenoxy) is 1. The van der Waals surface area contributed by atoms with E-state index in [1.54, 1.807) is 6.07 Å². The third kappa shape index (κ3) is 5.82. The highest BCUT2D eigenvalue weighted by Gasteiger charge is 2.30.